The van der Waals surface area contributed by atoms with Gasteiger partial charge in [0.05, 0.1) is 21.1 Å². The van der Waals surface area contributed by atoms with Gasteiger partial charge in [-0.2, -0.15) is 0 Å². The number of thiophene rings is 1. The van der Waals surface area contributed by atoms with E-state index in [1.807, 2.05) is 34.5 Å². The van der Waals surface area contributed by atoms with Gasteiger partial charge in [0.1, 0.15) is 11.0 Å². The van der Waals surface area contributed by atoms with Gasteiger partial charge in [0.2, 0.25) is 5.91 Å². The van der Waals surface area contributed by atoms with E-state index in [1.165, 1.54) is 11.3 Å². The Balaban J connectivity index is 1.52. The van der Waals surface area contributed by atoms with Gasteiger partial charge in [0.15, 0.2) is 0 Å². The molecule has 140 valence electrons. The van der Waals surface area contributed by atoms with Gasteiger partial charge in [-0.3, -0.25) is 9.59 Å². The minimum atomic E-state index is -0.561. The molecular weight excluding hydrogens is 378 g/mol. The molecule has 5 nitrogen and oxygen atoms in total. The van der Waals surface area contributed by atoms with Crippen molar-refractivity contribution in [3.05, 3.63) is 51.7 Å². The second kappa shape index (κ2) is 7.78. The Morgan fingerprint density at radius 1 is 1.22 bits per heavy atom. The van der Waals surface area contributed by atoms with Crippen LogP contribution in [0.25, 0.3) is 10.2 Å². The van der Waals surface area contributed by atoms with Crippen molar-refractivity contribution in [1.29, 1.82) is 0 Å². The average molecular weight is 400 g/mol. The number of carbonyl (C=O) groups is 2. The van der Waals surface area contributed by atoms with Crippen LogP contribution in [0.2, 0.25) is 0 Å². The number of nitrogens with one attached hydrogen (secondary N) is 1. The fraction of sp³-hybridized carbons (Fsp3) is 0.350. The second-order valence-electron chi connectivity index (χ2n) is 6.74. The molecule has 1 saturated heterocycles. The molecule has 7 heteroatoms. The number of para-hydroxylation sites is 1. The summed E-state index contributed by atoms with van der Waals surface area (Å²) in [6, 6.07) is 11.1. The van der Waals surface area contributed by atoms with Crippen molar-refractivity contribution in [1.82, 2.24) is 15.2 Å². The van der Waals surface area contributed by atoms with Crippen molar-refractivity contribution in [2.75, 3.05) is 6.54 Å². The van der Waals surface area contributed by atoms with Gasteiger partial charge in [-0.05, 0) is 49.8 Å². The minimum absolute atomic E-state index is 0.00950. The van der Waals surface area contributed by atoms with Gasteiger partial charge in [-0.15, -0.1) is 22.7 Å². The van der Waals surface area contributed by atoms with Crippen LogP contribution in [-0.2, 0) is 4.79 Å². The summed E-state index contributed by atoms with van der Waals surface area (Å²) >= 11 is 3.03. The number of hydrogen-bond donors (Lipinski definition) is 1. The number of aromatic nitrogens is 1. The van der Waals surface area contributed by atoms with Gasteiger partial charge >= 0.3 is 0 Å². The molecule has 3 aromatic rings. The lowest BCUT2D eigenvalue weighted by Gasteiger charge is -2.36. The number of carbonyl (C=O) groups excluding carboxylic acids is 2. The van der Waals surface area contributed by atoms with Crippen LogP contribution in [0.5, 0.6) is 0 Å². The number of nitrogens with zero attached hydrogens (tertiary/aromatic N) is 2. The zero-order chi connectivity index (χ0) is 18.8. The van der Waals surface area contributed by atoms with Crippen LogP contribution >= 0.6 is 22.7 Å². The molecule has 0 radical (unpaired) electrons. The lowest BCUT2D eigenvalue weighted by atomic mass is 10.0. The highest BCUT2D eigenvalue weighted by Crippen LogP contribution is 2.35. The number of likely N-dealkylation sites (tertiary alicyclic amines) is 1. The smallest absolute Gasteiger partial charge is 0.261 e. The predicted molar refractivity (Wildman–Crippen MR) is 109 cm³/mol. The third kappa shape index (κ3) is 3.75. The van der Waals surface area contributed by atoms with E-state index in [1.54, 1.807) is 24.3 Å². The zero-order valence-corrected chi connectivity index (χ0v) is 16.7. The van der Waals surface area contributed by atoms with E-state index in [9.17, 15) is 9.59 Å². The first kappa shape index (κ1) is 18.1. The SMILES string of the molecule is CC(NC(=O)c1cccs1)C(=O)N1CCCCC1c1nc2ccccc2s1. The molecule has 0 spiro atoms. The number of benzene rings is 1. The number of hydrogen-bond acceptors (Lipinski definition) is 5. The second-order valence-corrected chi connectivity index (χ2v) is 8.75. The molecule has 1 aromatic carbocycles. The molecule has 2 unspecified atom stereocenters. The molecule has 0 bridgehead atoms. The first-order valence-electron chi connectivity index (χ1n) is 9.14. The summed E-state index contributed by atoms with van der Waals surface area (Å²) in [5.41, 5.74) is 0.981. The summed E-state index contributed by atoms with van der Waals surface area (Å²) in [7, 11) is 0. The quantitative estimate of drug-likeness (QED) is 0.714. The summed E-state index contributed by atoms with van der Waals surface area (Å²) in [5, 5.41) is 5.68. The predicted octanol–water partition coefficient (Wildman–Crippen LogP) is 4.23. The van der Waals surface area contributed by atoms with Crippen LogP contribution in [-0.4, -0.2) is 34.3 Å². The molecule has 2 atom stereocenters. The Kier molecular flexibility index (Phi) is 5.22. The Hall–Kier alpha value is -2.25. The lowest BCUT2D eigenvalue weighted by molar-refractivity contribution is -0.136. The maximum atomic E-state index is 13.1. The fourth-order valence-corrected chi connectivity index (χ4v) is 5.21. The fourth-order valence-electron chi connectivity index (χ4n) is 3.47. The van der Waals surface area contributed by atoms with Crippen LogP contribution in [0.3, 0.4) is 0 Å². The molecule has 1 fully saturated rings. The molecular formula is C20H21N3O2S2. The Morgan fingerprint density at radius 3 is 2.85 bits per heavy atom. The summed E-state index contributed by atoms with van der Waals surface area (Å²) in [6.07, 6.45) is 2.98. The third-order valence-corrected chi connectivity index (χ3v) is 6.85. The summed E-state index contributed by atoms with van der Waals surface area (Å²) in [6.45, 7) is 2.47. The average Bonchev–Trinajstić information content (AvgIpc) is 3.37. The Labute approximate surface area is 166 Å². The van der Waals surface area contributed by atoms with E-state index in [0.29, 0.717) is 11.4 Å². The number of amides is 2. The van der Waals surface area contributed by atoms with Crippen molar-refractivity contribution in [2.24, 2.45) is 0 Å². The van der Waals surface area contributed by atoms with Gasteiger partial charge in [0.25, 0.3) is 5.91 Å². The highest BCUT2D eigenvalue weighted by molar-refractivity contribution is 7.18. The summed E-state index contributed by atoms with van der Waals surface area (Å²) < 4.78 is 1.14. The molecule has 0 saturated carbocycles. The van der Waals surface area contributed by atoms with E-state index in [-0.39, 0.29) is 17.9 Å². The van der Waals surface area contributed by atoms with E-state index >= 15 is 0 Å². The topological polar surface area (TPSA) is 62.3 Å². The minimum Gasteiger partial charge on any atom is -0.340 e. The van der Waals surface area contributed by atoms with Gasteiger partial charge in [0, 0.05) is 6.54 Å². The molecule has 1 N–H and O–H groups in total. The van der Waals surface area contributed by atoms with Crippen LogP contribution in [0.15, 0.2) is 41.8 Å². The molecule has 3 heterocycles. The van der Waals surface area contributed by atoms with Gasteiger partial charge in [-0.25, -0.2) is 4.98 Å². The van der Waals surface area contributed by atoms with Crippen LogP contribution < -0.4 is 5.32 Å². The first-order valence-corrected chi connectivity index (χ1v) is 10.8. The van der Waals surface area contributed by atoms with Crippen LogP contribution in [0.4, 0.5) is 0 Å². The van der Waals surface area contributed by atoms with Gasteiger partial charge < -0.3 is 10.2 Å². The van der Waals surface area contributed by atoms with Crippen molar-refractivity contribution in [3.63, 3.8) is 0 Å². The summed E-state index contributed by atoms with van der Waals surface area (Å²) in [5.74, 6) is -0.233. The number of thiazole rings is 1. The van der Waals surface area contributed by atoms with Crippen molar-refractivity contribution in [3.8, 4) is 0 Å². The van der Waals surface area contributed by atoms with Gasteiger partial charge in [-0.1, -0.05) is 18.2 Å². The van der Waals surface area contributed by atoms with E-state index in [2.05, 4.69) is 11.4 Å². The Morgan fingerprint density at radius 2 is 2.07 bits per heavy atom. The molecule has 1 aliphatic heterocycles. The van der Waals surface area contributed by atoms with Crippen LogP contribution in [0.1, 0.15) is 46.9 Å². The molecule has 4 rings (SSSR count). The van der Waals surface area contributed by atoms with E-state index < -0.39 is 6.04 Å². The number of fused-ring (bicyclic) bond motifs is 1. The van der Waals surface area contributed by atoms with Crippen LogP contribution in [0, 0.1) is 0 Å². The molecule has 0 aliphatic carbocycles. The monoisotopic (exact) mass is 399 g/mol. The zero-order valence-electron chi connectivity index (χ0n) is 15.1. The largest absolute Gasteiger partial charge is 0.340 e. The van der Waals surface area contributed by atoms with Crippen molar-refractivity contribution < 1.29 is 9.59 Å². The van der Waals surface area contributed by atoms with E-state index in [4.69, 9.17) is 4.98 Å². The Bertz CT molecular complexity index is 918. The van der Waals surface area contributed by atoms with Crippen molar-refractivity contribution in [2.45, 2.75) is 38.3 Å². The molecule has 2 aromatic heterocycles. The maximum Gasteiger partial charge on any atom is 0.261 e. The number of piperidine rings is 1. The summed E-state index contributed by atoms with van der Waals surface area (Å²) in [4.78, 5) is 32.7. The number of rotatable bonds is 4. The third-order valence-electron chi connectivity index (χ3n) is 4.84. The standard InChI is InChI=1S/C20H21N3O2S2/c1-13(21-18(24)17-10-6-12-26-17)20(25)23-11-5-4-8-15(23)19-22-14-7-2-3-9-16(14)27-19/h2-3,6-7,9-10,12-13,15H,4-5,8,11H2,1H3,(H,21,24). The molecule has 27 heavy (non-hydrogen) atoms. The molecule has 2 amide bonds. The maximum absolute atomic E-state index is 13.1. The highest BCUT2D eigenvalue weighted by atomic mass is 32.1. The lowest BCUT2D eigenvalue weighted by Crippen LogP contribution is -2.49. The highest BCUT2D eigenvalue weighted by Gasteiger charge is 2.33. The first-order chi connectivity index (χ1) is 13.1. The normalized spacial score (nSPS) is 18.4. The van der Waals surface area contributed by atoms with Crippen molar-refractivity contribution >= 4 is 44.7 Å². The van der Waals surface area contributed by atoms with E-state index in [0.717, 1.165) is 34.5 Å². The molecule has 1 aliphatic rings.